The standard InChI is InChI=1S/C30H30FN4O3/c31-24-12-7-13-25(18-24)32-28(22-8-3-1-4-9-22)30(36)37-26-19-35(16-14-21(26)15-17-35)20-27-33-29(38-34-27)23-10-5-2-6-11-23/h1-13,18,21,26,28,32H,14-17,19-20H2/q+1/t21?,26-,28?,35?/m0/s1. The van der Waals surface area contributed by atoms with E-state index in [0.717, 1.165) is 41.5 Å². The first kappa shape index (κ1) is 24.3. The largest absolute Gasteiger partial charge is 0.454 e. The minimum Gasteiger partial charge on any atom is -0.454 e. The molecule has 2 bridgehead atoms. The molecule has 3 aromatic carbocycles. The van der Waals surface area contributed by atoms with E-state index in [4.69, 9.17) is 9.26 Å². The smallest absolute Gasteiger partial charge is 0.333 e. The lowest BCUT2D eigenvalue weighted by Gasteiger charge is -2.51. The number of halogens is 1. The lowest BCUT2D eigenvalue weighted by Crippen LogP contribution is -2.64. The zero-order valence-electron chi connectivity index (χ0n) is 21.0. The van der Waals surface area contributed by atoms with Crippen LogP contribution in [0.4, 0.5) is 10.1 Å². The second kappa shape index (κ2) is 10.4. The van der Waals surface area contributed by atoms with Crippen molar-refractivity contribution in [3.63, 3.8) is 0 Å². The molecule has 0 radical (unpaired) electrons. The van der Waals surface area contributed by atoms with Gasteiger partial charge in [-0.25, -0.2) is 9.18 Å². The number of rotatable bonds is 8. The molecule has 3 fully saturated rings. The van der Waals surface area contributed by atoms with Crippen LogP contribution in [-0.4, -0.2) is 46.3 Å². The lowest BCUT2D eigenvalue weighted by molar-refractivity contribution is -0.958. The minimum absolute atomic E-state index is 0.203. The highest BCUT2D eigenvalue weighted by molar-refractivity contribution is 5.81. The highest BCUT2D eigenvalue weighted by Crippen LogP contribution is 2.38. The Kier molecular flexibility index (Phi) is 6.64. The van der Waals surface area contributed by atoms with Crippen molar-refractivity contribution in [3.05, 3.63) is 102 Å². The summed E-state index contributed by atoms with van der Waals surface area (Å²) in [6.45, 7) is 3.35. The Labute approximate surface area is 220 Å². The van der Waals surface area contributed by atoms with Crippen LogP contribution in [0.15, 0.2) is 89.5 Å². The number of esters is 1. The van der Waals surface area contributed by atoms with E-state index in [1.165, 1.54) is 12.1 Å². The molecule has 7 nitrogen and oxygen atoms in total. The fraction of sp³-hybridized carbons (Fsp3) is 0.300. The monoisotopic (exact) mass is 513 g/mol. The van der Waals surface area contributed by atoms with Crippen molar-refractivity contribution >= 4 is 11.7 Å². The number of piperidine rings is 3. The number of quaternary nitrogens is 1. The van der Waals surface area contributed by atoms with Crippen LogP contribution in [0.25, 0.3) is 11.5 Å². The van der Waals surface area contributed by atoms with Crippen molar-refractivity contribution in [2.24, 2.45) is 5.92 Å². The van der Waals surface area contributed by atoms with Crippen LogP contribution in [0.2, 0.25) is 0 Å². The molecule has 0 amide bonds. The number of nitrogens with one attached hydrogen (secondary N) is 1. The SMILES string of the molecule is O=C(O[C@H]1C[N+]2(Cc3noc(-c4ccccc4)n3)CCC1CC2)C(Nc1cccc(F)c1)c1ccccc1. The van der Waals surface area contributed by atoms with Crippen molar-refractivity contribution in [1.82, 2.24) is 10.1 Å². The molecule has 1 unspecified atom stereocenters. The molecule has 8 heteroatoms. The quantitative estimate of drug-likeness (QED) is 0.252. The number of carbonyl (C=O) groups excluding carboxylic acids is 1. The summed E-state index contributed by atoms with van der Waals surface area (Å²) in [6.07, 6.45) is 1.76. The zero-order valence-corrected chi connectivity index (χ0v) is 21.0. The minimum atomic E-state index is -0.743. The Balaban J connectivity index is 1.18. The molecule has 2 atom stereocenters. The van der Waals surface area contributed by atoms with Crippen LogP contribution in [0.5, 0.6) is 0 Å². The summed E-state index contributed by atoms with van der Waals surface area (Å²) in [7, 11) is 0. The zero-order chi connectivity index (χ0) is 26.0. The third-order valence-electron chi connectivity index (χ3n) is 7.78. The number of hydrogen-bond donors (Lipinski definition) is 1. The summed E-state index contributed by atoms with van der Waals surface area (Å²) in [4.78, 5) is 18.2. The van der Waals surface area contributed by atoms with E-state index in [2.05, 4.69) is 15.5 Å². The van der Waals surface area contributed by atoms with Crippen LogP contribution in [0.1, 0.15) is 30.3 Å². The summed E-state index contributed by atoms with van der Waals surface area (Å²) < 4.78 is 26.4. The fourth-order valence-electron chi connectivity index (χ4n) is 5.78. The van der Waals surface area contributed by atoms with Crippen molar-refractivity contribution in [2.45, 2.75) is 31.5 Å². The number of anilines is 1. The lowest BCUT2D eigenvalue weighted by atomic mass is 9.83. The average Bonchev–Trinajstić information content (AvgIpc) is 3.41. The van der Waals surface area contributed by atoms with Crippen LogP contribution < -0.4 is 5.32 Å². The van der Waals surface area contributed by atoms with E-state index in [1.54, 1.807) is 12.1 Å². The number of carbonyl (C=O) groups is 1. The van der Waals surface area contributed by atoms with E-state index in [0.29, 0.717) is 36.4 Å². The molecular formula is C30H30FN4O3+. The van der Waals surface area contributed by atoms with Gasteiger partial charge in [0.15, 0.2) is 12.1 Å². The fourth-order valence-corrected chi connectivity index (χ4v) is 5.78. The molecule has 194 valence electrons. The van der Waals surface area contributed by atoms with Gasteiger partial charge >= 0.3 is 5.97 Å². The maximum absolute atomic E-state index is 13.8. The molecule has 1 N–H and O–H groups in total. The normalized spacial score (nSPS) is 23.1. The van der Waals surface area contributed by atoms with E-state index in [1.807, 2.05) is 60.7 Å². The number of nitrogens with zero attached hydrogens (tertiary/aromatic N) is 3. The molecule has 3 aliphatic heterocycles. The number of hydrogen-bond acceptors (Lipinski definition) is 6. The van der Waals surface area contributed by atoms with Gasteiger partial charge in [0, 0.05) is 30.0 Å². The predicted octanol–water partition coefficient (Wildman–Crippen LogP) is 5.38. The van der Waals surface area contributed by atoms with Crippen LogP contribution in [0.3, 0.4) is 0 Å². The Morgan fingerprint density at radius 2 is 1.76 bits per heavy atom. The Bertz CT molecular complexity index is 1390. The van der Waals surface area contributed by atoms with Gasteiger partial charge in [-0.3, -0.25) is 0 Å². The molecule has 3 saturated heterocycles. The molecule has 0 saturated carbocycles. The van der Waals surface area contributed by atoms with Gasteiger partial charge in [-0.2, -0.15) is 4.98 Å². The van der Waals surface area contributed by atoms with Crippen molar-refractivity contribution in [3.8, 4) is 11.5 Å². The third kappa shape index (κ3) is 5.17. The van der Waals surface area contributed by atoms with Gasteiger partial charge in [0.05, 0.1) is 13.1 Å². The van der Waals surface area contributed by atoms with Crippen LogP contribution >= 0.6 is 0 Å². The Morgan fingerprint density at radius 3 is 2.50 bits per heavy atom. The maximum Gasteiger partial charge on any atom is 0.333 e. The molecule has 3 aliphatic rings. The maximum atomic E-state index is 13.8. The highest BCUT2D eigenvalue weighted by atomic mass is 19.1. The number of aromatic nitrogens is 2. The summed E-state index contributed by atoms with van der Waals surface area (Å²) in [6, 6.07) is 24.5. The number of fused-ring (bicyclic) bond motifs is 3. The second-order valence-electron chi connectivity index (χ2n) is 10.3. The van der Waals surface area contributed by atoms with E-state index in [-0.39, 0.29) is 17.9 Å². The molecule has 4 aromatic rings. The van der Waals surface area contributed by atoms with Crippen molar-refractivity contribution in [1.29, 1.82) is 0 Å². The summed E-state index contributed by atoms with van der Waals surface area (Å²) >= 11 is 0. The first-order valence-corrected chi connectivity index (χ1v) is 13.1. The van der Waals surface area contributed by atoms with E-state index in [9.17, 15) is 9.18 Å². The van der Waals surface area contributed by atoms with Gasteiger partial charge in [-0.1, -0.05) is 59.8 Å². The molecule has 38 heavy (non-hydrogen) atoms. The third-order valence-corrected chi connectivity index (χ3v) is 7.78. The van der Waals surface area contributed by atoms with Crippen LogP contribution in [-0.2, 0) is 16.1 Å². The first-order valence-electron chi connectivity index (χ1n) is 13.1. The van der Waals surface area contributed by atoms with Crippen molar-refractivity contribution < 1.29 is 22.9 Å². The van der Waals surface area contributed by atoms with Gasteiger partial charge in [0.25, 0.3) is 5.89 Å². The van der Waals surface area contributed by atoms with Gasteiger partial charge in [0.2, 0.25) is 5.82 Å². The molecule has 1 aromatic heterocycles. The van der Waals surface area contributed by atoms with Crippen LogP contribution in [0, 0.1) is 11.7 Å². The van der Waals surface area contributed by atoms with E-state index < -0.39 is 6.04 Å². The van der Waals surface area contributed by atoms with Gasteiger partial charge in [-0.05, 0) is 35.9 Å². The van der Waals surface area contributed by atoms with Gasteiger partial charge in [-0.15, -0.1) is 0 Å². The summed E-state index contributed by atoms with van der Waals surface area (Å²) in [5.41, 5.74) is 2.19. The molecule has 0 aliphatic carbocycles. The van der Waals surface area contributed by atoms with Gasteiger partial charge < -0.3 is 19.1 Å². The topological polar surface area (TPSA) is 77.2 Å². The highest BCUT2D eigenvalue weighted by Gasteiger charge is 2.48. The average molecular weight is 514 g/mol. The second-order valence-corrected chi connectivity index (χ2v) is 10.3. The molecule has 7 rings (SSSR count). The van der Waals surface area contributed by atoms with Crippen molar-refractivity contribution in [2.75, 3.05) is 25.0 Å². The van der Waals surface area contributed by atoms with E-state index >= 15 is 0 Å². The van der Waals surface area contributed by atoms with Gasteiger partial charge in [0.1, 0.15) is 18.9 Å². The molecule has 0 spiro atoms. The number of benzene rings is 3. The predicted molar refractivity (Wildman–Crippen MR) is 140 cm³/mol. The summed E-state index contributed by atoms with van der Waals surface area (Å²) in [5, 5.41) is 7.44. The Morgan fingerprint density at radius 1 is 1.03 bits per heavy atom. The molecular weight excluding hydrogens is 483 g/mol. The molecule has 4 heterocycles. The Hall–Kier alpha value is -4.04. The first-order chi connectivity index (χ1) is 18.6. The summed E-state index contributed by atoms with van der Waals surface area (Å²) in [5.74, 6) is 0.792. The number of ether oxygens (including phenoxy) is 1.